The highest BCUT2D eigenvalue weighted by atomic mass is 35.5. The summed E-state index contributed by atoms with van der Waals surface area (Å²) in [7, 11) is 0. The van der Waals surface area contributed by atoms with Gasteiger partial charge in [-0.2, -0.15) is 5.10 Å². The third-order valence-electron chi connectivity index (χ3n) is 4.54. The Bertz CT molecular complexity index is 1090. The molecule has 0 saturated carbocycles. The average Bonchev–Trinajstić information content (AvgIpc) is 3.18. The highest BCUT2D eigenvalue weighted by molar-refractivity contribution is 7.98. The molecule has 2 aromatic heterocycles. The topological polar surface area (TPSA) is 39.4 Å². The maximum atomic E-state index is 6.09. The molecular weight excluding hydrogens is 402 g/mol. The molecule has 0 unspecified atom stereocenters. The van der Waals surface area contributed by atoms with Gasteiger partial charge in [0.15, 0.2) is 0 Å². The molecule has 0 fully saturated rings. The van der Waals surface area contributed by atoms with Crippen LogP contribution in [0.2, 0.25) is 5.02 Å². The summed E-state index contributed by atoms with van der Waals surface area (Å²) in [5, 5.41) is 6.42. The Morgan fingerprint density at radius 2 is 1.97 bits per heavy atom. The largest absolute Gasteiger partial charge is 0.494 e. The molecule has 29 heavy (non-hydrogen) atoms. The second-order valence-electron chi connectivity index (χ2n) is 6.74. The van der Waals surface area contributed by atoms with Crippen molar-refractivity contribution in [3.63, 3.8) is 0 Å². The van der Waals surface area contributed by atoms with Crippen LogP contribution >= 0.6 is 23.4 Å². The second-order valence-corrected chi connectivity index (χ2v) is 8.14. The summed E-state index contributed by atoms with van der Waals surface area (Å²) in [4.78, 5) is 4.56. The van der Waals surface area contributed by atoms with Gasteiger partial charge in [-0.1, -0.05) is 48.8 Å². The first kappa shape index (κ1) is 19.8. The normalized spacial score (nSPS) is 11.1. The molecule has 2 heterocycles. The molecule has 4 rings (SSSR count). The molecule has 0 aliphatic carbocycles. The molecule has 4 nitrogen and oxygen atoms in total. The predicted octanol–water partition coefficient (Wildman–Crippen LogP) is 6.52. The smallest absolute Gasteiger partial charge is 0.122 e. The zero-order valence-corrected chi connectivity index (χ0v) is 17.8. The summed E-state index contributed by atoms with van der Waals surface area (Å²) in [5.41, 5.74) is 4.15. The zero-order chi connectivity index (χ0) is 20.1. The molecule has 4 aromatic rings. The van der Waals surface area contributed by atoms with Gasteiger partial charge in [0, 0.05) is 28.7 Å². The number of unbranched alkanes of at least 4 members (excludes halogenated alkanes) is 1. The lowest BCUT2D eigenvalue weighted by atomic mass is 10.1. The minimum atomic E-state index is 0.753. The van der Waals surface area contributed by atoms with E-state index in [1.165, 1.54) is 5.56 Å². The molecule has 0 atom stereocenters. The fourth-order valence-corrected chi connectivity index (χ4v) is 4.12. The van der Waals surface area contributed by atoms with E-state index < -0.39 is 0 Å². The van der Waals surface area contributed by atoms with Gasteiger partial charge in [-0.05, 0) is 54.4 Å². The monoisotopic (exact) mass is 423 g/mol. The molecule has 0 N–H and O–H groups in total. The van der Waals surface area contributed by atoms with E-state index in [4.69, 9.17) is 21.4 Å². The predicted molar refractivity (Wildman–Crippen MR) is 120 cm³/mol. The van der Waals surface area contributed by atoms with Crippen LogP contribution in [0.3, 0.4) is 0 Å². The van der Waals surface area contributed by atoms with Crippen molar-refractivity contribution >= 4 is 28.9 Å². The number of benzene rings is 2. The van der Waals surface area contributed by atoms with Crippen LogP contribution in [-0.2, 0) is 5.75 Å². The first-order valence-corrected chi connectivity index (χ1v) is 11.0. The fraction of sp³-hybridized carbons (Fsp3) is 0.217. The number of halogens is 1. The Hall–Kier alpha value is -2.50. The third-order valence-corrected chi connectivity index (χ3v) is 5.84. The standard InChI is InChI=1S/C23H22ClN3OS/c1-2-3-13-28-20-9-7-18(8-10-20)21-15-22-23(25-11-12-27(22)26-21)29-16-17-5-4-6-19(24)14-17/h4-12,14-15H,2-3,13,16H2,1H3. The van der Waals surface area contributed by atoms with Crippen molar-refractivity contribution in [3.05, 3.63) is 77.6 Å². The molecule has 0 saturated heterocycles. The number of nitrogens with zero attached hydrogens (tertiary/aromatic N) is 3. The molecule has 148 valence electrons. The van der Waals surface area contributed by atoms with Crippen molar-refractivity contribution in [2.45, 2.75) is 30.5 Å². The van der Waals surface area contributed by atoms with E-state index in [1.54, 1.807) is 18.0 Å². The molecule has 0 radical (unpaired) electrons. The van der Waals surface area contributed by atoms with Crippen LogP contribution in [0.4, 0.5) is 0 Å². The lowest BCUT2D eigenvalue weighted by molar-refractivity contribution is 0.309. The number of hydrogen-bond acceptors (Lipinski definition) is 4. The quantitative estimate of drug-likeness (QED) is 0.239. The number of aromatic nitrogens is 3. The van der Waals surface area contributed by atoms with Gasteiger partial charge in [0.1, 0.15) is 10.8 Å². The summed E-state index contributed by atoms with van der Waals surface area (Å²) in [5.74, 6) is 1.70. The van der Waals surface area contributed by atoms with Crippen LogP contribution < -0.4 is 4.74 Å². The Morgan fingerprint density at radius 1 is 1.10 bits per heavy atom. The van der Waals surface area contributed by atoms with Crippen molar-refractivity contribution in [2.24, 2.45) is 0 Å². The van der Waals surface area contributed by atoms with Crippen molar-refractivity contribution in [2.75, 3.05) is 6.61 Å². The summed E-state index contributed by atoms with van der Waals surface area (Å²) in [6.07, 6.45) is 5.86. The molecular formula is C23H22ClN3OS. The number of ether oxygens (including phenoxy) is 1. The number of rotatable bonds is 8. The fourth-order valence-electron chi connectivity index (χ4n) is 2.99. The van der Waals surface area contributed by atoms with Crippen LogP contribution in [0, 0.1) is 0 Å². The SMILES string of the molecule is CCCCOc1ccc(-c2cc3c(SCc4cccc(Cl)c4)nccn3n2)cc1. The Labute approximate surface area is 179 Å². The highest BCUT2D eigenvalue weighted by Crippen LogP contribution is 2.29. The van der Waals surface area contributed by atoms with E-state index in [2.05, 4.69) is 36.2 Å². The second kappa shape index (κ2) is 9.33. The summed E-state index contributed by atoms with van der Waals surface area (Å²) in [6, 6.07) is 18.1. The van der Waals surface area contributed by atoms with Gasteiger partial charge in [0.05, 0.1) is 17.8 Å². The maximum Gasteiger partial charge on any atom is 0.122 e. The van der Waals surface area contributed by atoms with Gasteiger partial charge in [-0.25, -0.2) is 9.50 Å². The number of fused-ring (bicyclic) bond motifs is 1. The first-order valence-electron chi connectivity index (χ1n) is 9.68. The minimum absolute atomic E-state index is 0.753. The highest BCUT2D eigenvalue weighted by Gasteiger charge is 2.10. The molecule has 6 heteroatoms. The van der Waals surface area contributed by atoms with Gasteiger partial charge in [-0.3, -0.25) is 0 Å². The van der Waals surface area contributed by atoms with E-state index in [0.29, 0.717) is 0 Å². The van der Waals surface area contributed by atoms with Gasteiger partial charge in [-0.15, -0.1) is 0 Å². The van der Waals surface area contributed by atoms with Crippen molar-refractivity contribution < 1.29 is 4.74 Å². The molecule has 0 aliphatic heterocycles. The van der Waals surface area contributed by atoms with Gasteiger partial charge >= 0.3 is 0 Å². The van der Waals surface area contributed by atoms with Gasteiger partial charge in [0.2, 0.25) is 0 Å². The van der Waals surface area contributed by atoms with Gasteiger partial charge < -0.3 is 4.74 Å². The van der Waals surface area contributed by atoms with E-state index in [9.17, 15) is 0 Å². The molecule has 0 amide bonds. The summed E-state index contributed by atoms with van der Waals surface area (Å²) < 4.78 is 7.63. The van der Waals surface area contributed by atoms with Crippen molar-refractivity contribution in [1.29, 1.82) is 0 Å². The molecule has 0 bridgehead atoms. The van der Waals surface area contributed by atoms with E-state index in [0.717, 1.165) is 57.8 Å². The zero-order valence-electron chi connectivity index (χ0n) is 16.2. The molecule has 2 aromatic carbocycles. The Kier molecular flexibility index (Phi) is 6.37. The first-order chi connectivity index (χ1) is 14.2. The Morgan fingerprint density at radius 3 is 2.76 bits per heavy atom. The number of hydrogen-bond donors (Lipinski definition) is 0. The van der Waals surface area contributed by atoms with Crippen LogP contribution in [0.15, 0.2) is 72.0 Å². The van der Waals surface area contributed by atoms with Crippen LogP contribution in [0.5, 0.6) is 5.75 Å². The number of thioether (sulfide) groups is 1. The van der Waals surface area contributed by atoms with Crippen LogP contribution in [0.25, 0.3) is 16.8 Å². The summed E-state index contributed by atoms with van der Waals surface area (Å²) >= 11 is 7.77. The van der Waals surface area contributed by atoms with Crippen molar-refractivity contribution in [3.8, 4) is 17.0 Å². The van der Waals surface area contributed by atoms with E-state index >= 15 is 0 Å². The Balaban J connectivity index is 1.52. The summed E-state index contributed by atoms with van der Waals surface area (Å²) in [6.45, 7) is 2.91. The maximum absolute atomic E-state index is 6.09. The lowest BCUT2D eigenvalue weighted by Crippen LogP contribution is -1.96. The van der Waals surface area contributed by atoms with Crippen molar-refractivity contribution in [1.82, 2.24) is 14.6 Å². The third kappa shape index (κ3) is 4.92. The lowest BCUT2D eigenvalue weighted by Gasteiger charge is -2.05. The van der Waals surface area contributed by atoms with Gasteiger partial charge in [0.25, 0.3) is 0 Å². The van der Waals surface area contributed by atoms with E-state index in [-0.39, 0.29) is 0 Å². The van der Waals surface area contributed by atoms with Crippen LogP contribution in [0.1, 0.15) is 25.3 Å². The minimum Gasteiger partial charge on any atom is -0.494 e. The van der Waals surface area contributed by atoms with E-state index in [1.807, 2.05) is 41.0 Å². The average molecular weight is 424 g/mol. The van der Waals surface area contributed by atoms with Crippen LogP contribution in [-0.4, -0.2) is 21.2 Å². The molecule has 0 aliphatic rings. The molecule has 0 spiro atoms.